The highest BCUT2D eigenvalue weighted by atomic mass is 35.5. The summed E-state index contributed by atoms with van der Waals surface area (Å²) < 4.78 is 11.5. The summed E-state index contributed by atoms with van der Waals surface area (Å²) in [5.41, 5.74) is 2.10. The molecule has 2 aromatic carbocycles. The Bertz CT molecular complexity index is 782. The van der Waals surface area contributed by atoms with Crippen LogP contribution in [-0.4, -0.2) is 49.7 Å². The van der Waals surface area contributed by atoms with Gasteiger partial charge in [-0.2, -0.15) is 0 Å². The van der Waals surface area contributed by atoms with E-state index in [1.807, 2.05) is 56.3 Å². The second-order valence-electron chi connectivity index (χ2n) is 7.50. The van der Waals surface area contributed by atoms with Crippen molar-refractivity contribution in [1.82, 2.24) is 10.2 Å². The third-order valence-electron chi connectivity index (χ3n) is 5.20. The topological polar surface area (TPSA) is 50.8 Å². The molecule has 6 heteroatoms. The highest BCUT2D eigenvalue weighted by molar-refractivity contribution is 6.30. The van der Waals surface area contributed by atoms with Gasteiger partial charge in [-0.1, -0.05) is 29.8 Å². The number of hydrogen-bond donors (Lipinski definition) is 1. The Hall–Kier alpha value is -2.24. The van der Waals surface area contributed by atoms with Crippen LogP contribution >= 0.6 is 11.6 Å². The largest absolute Gasteiger partial charge is 0.492 e. The van der Waals surface area contributed by atoms with Gasteiger partial charge >= 0.3 is 0 Å². The first-order chi connectivity index (χ1) is 14.0. The number of rotatable bonds is 8. The number of likely N-dealkylation sites (tertiary alicyclic amines) is 1. The number of benzene rings is 2. The summed E-state index contributed by atoms with van der Waals surface area (Å²) in [4.78, 5) is 14.6. The number of ether oxygens (including phenoxy) is 2. The molecule has 0 spiro atoms. The Kier molecular flexibility index (Phi) is 7.78. The minimum atomic E-state index is -0.0582. The Morgan fingerprint density at radius 2 is 1.72 bits per heavy atom. The highest BCUT2D eigenvalue weighted by Crippen LogP contribution is 2.22. The summed E-state index contributed by atoms with van der Waals surface area (Å²) in [6.07, 6.45) is 1.88. The first-order valence-electron chi connectivity index (χ1n) is 10.1. The van der Waals surface area contributed by atoms with E-state index in [1.54, 1.807) is 0 Å². The molecule has 1 fully saturated rings. The summed E-state index contributed by atoms with van der Waals surface area (Å²) in [5.74, 6) is 1.58. The molecule has 0 aromatic heterocycles. The van der Waals surface area contributed by atoms with E-state index < -0.39 is 0 Å². The zero-order chi connectivity index (χ0) is 20.6. The number of nitrogens with zero attached hydrogens (tertiary/aromatic N) is 1. The van der Waals surface area contributed by atoms with Crippen LogP contribution in [0.1, 0.15) is 24.0 Å². The van der Waals surface area contributed by atoms with E-state index in [4.69, 9.17) is 21.1 Å². The lowest BCUT2D eigenvalue weighted by atomic mass is 10.1. The van der Waals surface area contributed by atoms with Crippen molar-refractivity contribution in [1.29, 1.82) is 0 Å². The molecule has 1 aliphatic rings. The van der Waals surface area contributed by atoms with Gasteiger partial charge in [-0.3, -0.25) is 9.69 Å². The molecule has 0 aliphatic carbocycles. The van der Waals surface area contributed by atoms with Gasteiger partial charge in [0.05, 0.1) is 0 Å². The average molecular weight is 417 g/mol. The minimum absolute atomic E-state index is 0.0564. The molecule has 29 heavy (non-hydrogen) atoms. The zero-order valence-electron chi connectivity index (χ0n) is 17.1. The zero-order valence-corrected chi connectivity index (χ0v) is 17.9. The van der Waals surface area contributed by atoms with Gasteiger partial charge in [0.15, 0.2) is 6.61 Å². The number of nitrogens with one attached hydrogen (secondary N) is 1. The van der Waals surface area contributed by atoms with Gasteiger partial charge in [-0.25, -0.2) is 0 Å². The van der Waals surface area contributed by atoms with Crippen LogP contribution in [0.3, 0.4) is 0 Å². The molecule has 156 valence electrons. The smallest absolute Gasteiger partial charge is 0.258 e. The first kappa shape index (κ1) is 21.5. The molecular formula is C23H29ClN2O3. The predicted octanol–water partition coefficient (Wildman–Crippen LogP) is 4.00. The van der Waals surface area contributed by atoms with Crippen molar-refractivity contribution in [3.63, 3.8) is 0 Å². The van der Waals surface area contributed by atoms with E-state index in [2.05, 4.69) is 10.2 Å². The van der Waals surface area contributed by atoms with E-state index in [0.717, 1.165) is 55.1 Å². The standard InChI is InChI=1S/C23H29ClN2O3/c1-17-4-3-5-18(2)23(17)29-16-22(27)25-20-10-12-26(13-11-20)14-15-28-21-8-6-19(24)7-9-21/h3-9,20H,10-16H2,1-2H3,(H,25,27). The second kappa shape index (κ2) is 10.5. The fraction of sp³-hybridized carbons (Fsp3) is 0.435. The van der Waals surface area contributed by atoms with Gasteiger partial charge in [-0.15, -0.1) is 0 Å². The van der Waals surface area contributed by atoms with E-state index in [-0.39, 0.29) is 18.6 Å². The molecule has 0 bridgehead atoms. The number of aryl methyl sites for hydroxylation is 2. The number of hydrogen-bond acceptors (Lipinski definition) is 4. The fourth-order valence-corrected chi connectivity index (χ4v) is 3.68. The molecule has 1 N–H and O–H groups in total. The number of para-hydroxylation sites is 1. The van der Waals surface area contributed by atoms with Crippen LogP contribution in [0, 0.1) is 13.8 Å². The van der Waals surface area contributed by atoms with Gasteiger partial charge in [-0.05, 0) is 62.1 Å². The van der Waals surface area contributed by atoms with E-state index >= 15 is 0 Å². The normalized spacial score (nSPS) is 15.1. The third-order valence-corrected chi connectivity index (χ3v) is 5.45. The lowest BCUT2D eigenvalue weighted by molar-refractivity contribution is -0.124. The Labute approximate surface area is 177 Å². The molecule has 1 amide bonds. The van der Waals surface area contributed by atoms with Crippen LogP contribution in [0.25, 0.3) is 0 Å². The maximum absolute atomic E-state index is 12.3. The number of carbonyl (C=O) groups is 1. The van der Waals surface area contributed by atoms with Crippen molar-refractivity contribution in [2.24, 2.45) is 0 Å². The Morgan fingerprint density at radius 1 is 1.07 bits per heavy atom. The van der Waals surface area contributed by atoms with Crippen LogP contribution in [-0.2, 0) is 4.79 Å². The van der Waals surface area contributed by atoms with E-state index in [1.165, 1.54) is 0 Å². The molecule has 0 unspecified atom stereocenters. The molecular weight excluding hydrogens is 388 g/mol. The number of carbonyl (C=O) groups excluding carboxylic acids is 1. The first-order valence-corrected chi connectivity index (χ1v) is 10.5. The van der Waals surface area contributed by atoms with Crippen LogP contribution in [0.4, 0.5) is 0 Å². The maximum atomic E-state index is 12.3. The quantitative estimate of drug-likeness (QED) is 0.706. The summed E-state index contributed by atoms with van der Waals surface area (Å²) >= 11 is 5.88. The molecule has 1 aliphatic heterocycles. The van der Waals surface area contributed by atoms with Gasteiger partial charge < -0.3 is 14.8 Å². The summed E-state index contributed by atoms with van der Waals surface area (Å²) in [5, 5.41) is 3.81. The van der Waals surface area contributed by atoms with Gasteiger partial charge in [0.1, 0.15) is 18.1 Å². The molecule has 0 atom stereocenters. The number of halogens is 1. The Balaban J connectivity index is 1.33. The summed E-state index contributed by atoms with van der Waals surface area (Å²) in [7, 11) is 0. The van der Waals surface area contributed by atoms with Gasteiger partial charge in [0.25, 0.3) is 5.91 Å². The van der Waals surface area contributed by atoms with Crippen LogP contribution in [0.15, 0.2) is 42.5 Å². The van der Waals surface area contributed by atoms with Crippen LogP contribution in [0.2, 0.25) is 5.02 Å². The fourth-order valence-electron chi connectivity index (χ4n) is 3.56. The third kappa shape index (κ3) is 6.65. The molecule has 1 saturated heterocycles. The van der Waals surface area contributed by atoms with Crippen molar-refractivity contribution >= 4 is 17.5 Å². The minimum Gasteiger partial charge on any atom is -0.492 e. The SMILES string of the molecule is Cc1cccc(C)c1OCC(=O)NC1CCN(CCOc2ccc(Cl)cc2)CC1. The molecule has 0 saturated carbocycles. The summed E-state index contributed by atoms with van der Waals surface area (Å²) in [6, 6.07) is 13.6. The monoisotopic (exact) mass is 416 g/mol. The number of piperidine rings is 1. The molecule has 1 heterocycles. The molecule has 2 aromatic rings. The van der Waals surface area contributed by atoms with Crippen molar-refractivity contribution < 1.29 is 14.3 Å². The Morgan fingerprint density at radius 3 is 2.38 bits per heavy atom. The summed E-state index contributed by atoms with van der Waals surface area (Å²) in [6.45, 7) is 7.46. The molecule has 3 rings (SSSR count). The number of amides is 1. The lowest BCUT2D eigenvalue weighted by Crippen LogP contribution is -2.46. The second-order valence-corrected chi connectivity index (χ2v) is 7.93. The van der Waals surface area contributed by atoms with Gasteiger partial charge in [0.2, 0.25) is 0 Å². The van der Waals surface area contributed by atoms with Crippen molar-refractivity contribution in [2.75, 3.05) is 32.8 Å². The van der Waals surface area contributed by atoms with Crippen molar-refractivity contribution in [2.45, 2.75) is 32.7 Å². The van der Waals surface area contributed by atoms with Crippen molar-refractivity contribution in [3.05, 3.63) is 58.6 Å². The van der Waals surface area contributed by atoms with Crippen LogP contribution < -0.4 is 14.8 Å². The lowest BCUT2D eigenvalue weighted by Gasteiger charge is -2.32. The average Bonchev–Trinajstić information content (AvgIpc) is 2.70. The molecule has 0 radical (unpaired) electrons. The van der Waals surface area contributed by atoms with E-state index in [9.17, 15) is 4.79 Å². The van der Waals surface area contributed by atoms with Gasteiger partial charge in [0, 0.05) is 30.7 Å². The molecule has 5 nitrogen and oxygen atoms in total. The van der Waals surface area contributed by atoms with E-state index in [0.29, 0.717) is 11.6 Å². The predicted molar refractivity (Wildman–Crippen MR) is 116 cm³/mol. The maximum Gasteiger partial charge on any atom is 0.258 e. The van der Waals surface area contributed by atoms with Crippen LogP contribution in [0.5, 0.6) is 11.5 Å². The highest BCUT2D eigenvalue weighted by Gasteiger charge is 2.21. The van der Waals surface area contributed by atoms with Crippen molar-refractivity contribution in [3.8, 4) is 11.5 Å².